The van der Waals surface area contributed by atoms with E-state index in [-0.39, 0.29) is 17.3 Å². The summed E-state index contributed by atoms with van der Waals surface area (Å²) in [6.45, 7) is 8.39. The predicted molar refractivity (Wildman–Crippen MR) is 85.5 cm³/mol. The number of rotatable bonds is 0. The minimum atomic E-state index is -0.477. The van der Waals surface area contributed by atoms with Gasteiger partial charge in [-0.3, -0.25) is 4.79 Å². The number of carbonyl (C=O) groups is 1. The Morgan fingerprint density at radius 3 is 2.36 bits per heavy atom. The van der Waals surface area contributed by atoms with Gasteiger partial charge in [0.2, 0.25) is 0 Å². The monoisotopic (exact) mass is 312 g/mol. The average Bonchev–Trinajstić information content (AvgIpc) is 2.48. The van der Waals surface area contributed by atoms with Crippen LogP contribution in [-0.4, -0.2) is 31.6 Å². The van der Waals surface area contributed by atoms with Crippen molar-refractivity contribution < 1.29 is 19.0 Å². The maximum absolute atomic E-state index is 11.7. The second-order valence-electron chi connectivity index (χ2n) is 7.91. The quantitative estimate of drug-likeness (QED) is 0.633. The normalized spacial score (nSPS) is 30.7. The van der Waals surface area contributed by atoms with E-state index in [2.05, 4.69) is 20.8 Å². The molecule has 4 heteroatoms. The van der Waals surface area contributed by atoms with Gasteiger partial charge in [-0.1, -0.05) is 40.0 Å². The molecule has 0 amide bonds. The minimum absolute atomic E-state index is 0.0632. The summed E-state index contributed by atoms with van der Waals surface area (Å²) in [5.74, 6) is -0.284. The first-order chi connectivity index (χ1) is 10.4. The van der Waals surface area contributed by atoms with E-state index in [9.17, 15) is 4.79 Å². The van der Waals surface area contributed by atoms with Crippen molar-refractivity contribution >= 4 is 5.97 Å². The van der Waals surface area contributed by atoms with Crippen LogP contribution in [-0.2, 0) is 19.0 Å². The molecular formula is C18H32O4. The zero-order valence-corrected chi connectivity index (χ0v) is 14.5. The lowest BCUT2D eigenvalue weighted by Crippen LogP contribution is -2.48. The van der Waals surface area contributed by atoms with Crippen LogP contribution in [0.25, 0.3) is 0 Å². The Kier molecular flexibility index (Phi) is 6.27. The molecule has 22 heavy (non-hydrogen) atoms. The molecule has 2 saturated heterocycles. The van der Waals surface area contributed by atoms with Gasteiger partial charge in [0, 0.05) is 24.7 Å². The van der Waals surface area contributed by atoms with Gasteiger partial charge in [0.1, 0.15) is 0 Å². The summed E-state index contributed by atoms with van der Waals surface area (Å²) in [5.41, 5.74) is 0.0854. The number of carbonyl (C=O) groups excluding carboxylic acids is 1. The molecule has 1 atom stereocenters. The molecule has 4 nitrogen and oxygen atoms in total. The number of hydrogen-bond donors (Lipinski definition) is 0. The Labute approximate surface area is 134 Å². The standard InChI is InChI=1S/C18H32O4/c1-15-11-18(21-13-17(2,3)14-22-18)10-8-6-4-5-7-9-16(19)20-12-15/h15H,4-14H2,1-3H3/t15-/m1/s1. The Bertz CT molecular complexity index is 354. The van der Waals surface area contributed by atoms with Crippen molar-refractivity contribution in [3.05, 3.63) is 0 Å². The van der Waals surface area contributed by atoms with E-state index < -0.39 is 5.79 Å². The number of cyclic esters (lactones) is 1. The zero-order chi connectivity index (χ0) is 16.1. The Morgan fingerprint density at radius 2 is 1.64 bits per heavy atom. The molecule has 0 aromatic carbocycles. The van der Waals surface area contributed by atoms with E-state index in [1.165, 1.54) is 12.8 Å². The molecule has 0 aromatic heterocycles. The van der Waals surface area contributed by atoms with Crippen LogP contribution < -0.4 is 0 Å². The van der Waals surface area contributed by atoms with Gasteiger partial charge in [0.25, 0.3) is 0 Å². The average molecular weight is 312 g/mol. The SMILES string of the molecule is C[C@H]1COC(=O)CCCCCCCC2(C1)OCC(C)(C)CO2. The van der Waals surface area contributed by atoms with Crippen molar-refractivity contribution in [2.45, 2.75) is 77.9 Å². The minimum Gasteiger partial charge on any atom is -0.465 e. The molecule has 0 aliphatic carbocycles. The molecule has 128 valence electrons. The summed E-state index contributed by atoms with van der Waals surface area (Å²) in [6, 6.07) is 0. The van der Waals surface area contributed by atoms with Crippen LogP contribution in [0.4, 0.5) is 0 Å². The van der Waals surface area contributed by atoms with Crippen LogP contribution in [0.15, 0.2) is 0 Å². The fraction of sp³-hybridized carbons (Fsp3) is 0.944. The second kappa shape index (κ2) is 7.78. The molecular weight excluding hydrogens is 280 g/mol. The third-order valence-electron chi connectivity index (χ3n) is 4.58. The number of hydrogen-bond acceptors (Lipinski definition) is 4. The molecule has 2 fully saturated rings. The maximum atomic E-state index is 11.7. The summed E-state index contributed by atoms with van der Waals surface area (Å²) in [6.07, 6.45) is 7.83. The first-order valence-corrected chi connectivity index (χ1v) is 8.84. The molecule has 0 unspecified atom stereocenters. The van der Waals surface area contributed by atoms with Crippen molar-refractivity contribution in [3.8, 4) is 0 Å². The largest absolute Gasteiger partial charge is 0.465 e. The van der Waals surface area contributed by atoms with Crippen molar-refractivity contribution in [2.24, 2.45) is 11.3 Å². The van der Waals surface area contributed by atoms with Gasteiger partial charge >= 0.3 is 5.97 Å². The highest BCUT2D eigenvalue weighted by atomic mass is 16.7. The van der Waals surface area contributed by atoms with Gasteiger partial charge < -0.3 is 14.2 Å². The topological polar surface area (TPSA) is 44.8 Å². The van der Waals surface area contributed by atoms with Crippen molar-refractivity contribution in [1.29, 1.82) is 0 Å². The van der Waals surface area contributed by atoms with Crippen molar-refractivity contribution in [2.75, 3.05) is 19.8 Å². The maximum Gasteiger partial charge on any atom is 0.305 e. The molecule has 2 aliphatic heterocycles. The molecule has 0 aromatic rings. The van der Waals surface area contributed by atoms with Gasteiger partial charge in [-0.15, -0.1) is 0 Å². The summed E-state index contributed by atoms with van der Waals surface area (Å²) in [7, 11) is 0. The van der Waals surface area contributed by atoms with Crippen molar-refractivity contribution in [1.82, 2.24) is 0 Å². The Balaban J connectivity index is 1.98. The lowest BCUT2D eigenvalue weighted by atomic mass is 9.90. The van der Waals surface area contributed by atoms with Crippen molar-refractivity contribution in [3.63, 3.8) is 0 Å². The third kappa shape index (κ3) is 5.54. The van der Waals surface area contributed by atoms with Crippen LogP contribution in [0.3, 0.4) is 0 Å². The van der Waals surface area contributed by atoms with Gasteiger partial charge in [0.15, 0.2) is 5.79 Å². The van der Waals surface area contributed by atoms with E-state index in [1.54, 1.807) is 0 Å². The van der Waals surface area contributed by atoms with Crippen LogP contribution in [0.1, 0.15) is 72.1 Å². The van der Waals surface area contributed by atoms with Gasteiger partial charge in [-0.25, -0.2) is 0 Å². The van der Waals surface area contributed by atoms with Crippen LogP contribution in [0.2, 0.25) is 0 Å². The van der Waals surface area contributed by atoms with E-state index in [1.807, 2.05) is 0 Å². The first-order valence-electron chi connectivity index (χ1n) is 8.84. The predicted octanol–water partition coefficient (Wildman–Crippen LogP) is 4.07. The van der Waals surface area contributed by atoms with Gasteiger partial charge in [-0.05, 0) is 18.8 Å². The van der Waals surface area contributed by atoms with Gasteiger partial charge in [0.05, 0.1) is 19.8 Å². The molecule has 0 bridgehead atoms. The van der Waals surface area contributed by atoms with E-state index in [0.717, 1.165) is 45.3 Å². The summed E-state index contributed by atoms with van der Waals surface area (Å²) in [5, 5.41) is 0. The second-order valence-corrected chi connectivity index (χ2v) is 7.91. The Hall–Kier alpha value is -0.610. The van der Waals surface area contributed by atoms with Crippen LogP contribution in [0.5, 0.6) is 0 Å². The molecule has 0 radical (unpaired) electrons. The lowest BCUT2D eigenvalue weighted by Gasteiger charge is -2.44. The molecule has 2 heterocycles. The van der Waals surface area contributed by atoms with Gasteiger partial charge in [-0.2, -0.15) is 0 Å². The molecule has 0 saturated carbocycles. The lowest BCUT2D eigenvalue weighted by molar-refractivity contribution is -0.309. The summed E-state index contributed by atoms with van der Waals surface area (Å²) >= 11 is 0. The first kappa shape index (κ1) is 17.7. The zero-order valence-electron chi connectivity index (χ0n) is 14.5. The highest BCUT2D eigenvalue weighted by molar-refractivity contribution is 5.69. The smallest absolute Gasteiger partial charge is 0.305 e. The highest BCUT2D eigenvalue weighted by Gasteiger charge is 2.41. The number of ether oxygens (including phenoxy) is 3. The number of esters is 1. The van der Waals surface area contributed by atoms with E-state index in [0.29, 0.717) is 13.0 Å². The molecule has 1 spiro atoms. The summed E-state index contributed by atoms with van der Waals surface area (Å²) < 4.78 is 17.8. The van der Waals surface area contributed by atoms with E-state index >= 15 is 0 Å². The Morgan fingerprint density at radius 1 is 1.00 bits per heavy atom. The van der Waals surface area contributed by atoms with E-state index in [4.69, 9.17) is 14.2 Å². The molecule has 2 rings (SSSR count). The third-order valence-corrected chi connectivity index (χ3v) is 4.58. The molecule has 0 N–H and O–H groups in total. The fourth-order valence-electron chi connectivity index (χ4n) is 3.19. The highest BCUT2D eigenvalue weighted by Crippen LogP contribution is 2.37. The van der Waals surface area contributed by atoms with Crippen LogP contribution in [0, 0.1) is 11.3 Å². The molecule has 2 aliphatic rings. The summed E-state index contributed by atoms with van der Waals surface area (Å²) in [4.78, 5) is 11.7. The fourth-order valence-corrected chi connectivity index (χ4v) is 3.19. The van der Waals surface area contributed by atoms with Crippen LogP contribution >= 0.6 is 0 Å².